The van der Waals surface area contributed by atoms with Crippen LogP contribution in [0.5, 0.6) is 0 Å². The van der Waals surface area contributed by atoms with Gasteiger partial charge in [0, 0.05) is 18.3 Å². The number of nitrogens with one attached hydrogen (secondary N) is 1. The molecule has 2 aromatic heterocycles. The molecule has 0 aliphatic heterocycles. The van der Waals surface area contributed by atoms with Gasteiger partial charge in [0.15, 0.2) is 5.82 Å². The second kappa shape index (κ2) is 5.14. The van der Waals surface area contributed by atoms with Gasteiger partial charge >= 0.3 is 0 Å². The van der Waals surface area contributed by atoms with Gasteiger partial charge < -0.3 is 5.32 Å². The third-order valence-corrected chi connectivity index (χ3v) is 4.02. The molecule has 2 heterocycles. The molecule has 0 aliphatic carbocycles. The molecule has 0 atom stereocenters. The highest BCUT2D eigenvalue weighted by Crippen LogP contribution is 2.25. The molecule has 2 rings (SSSR count). The van der Waals surface area contributed by atoms with Gasteiger partial charge in [0.1, 0.15) is 5.52 Å². The maximum absolute atomic E-state index is 6.12. The molecule has 0 spiro atoms. The highest BCUT2D eigenvalue weighted by molar-refractivity contribution is 6.18. The van der Waals surface area contributed by atoms with E-state index in [0.717, 1.165) is 29.9 Å². The van der Waals surface area contributed by atoms with Gasteiger partial charge in [0.25, 0.3) is 0 Å². The predicted octanol–water partition coefficient (Wildman–Crippen LogP) is 3.25. The summed E-state index contributed by atoms with van der Waals surface area (Å²) in [6, 6.07) is 2.03. The van der Waals surface area contributed by atoms with Gasteiger partial charge in [-0.05, 0) is 25.8 Å². The normalized spacial score (nSPS) is 12.0. The van der Waals surface area contributed by atoms with Gasteiger partial charge in [-0.3, -0.25) is 0 Å². The summed E-state index contributed by atoms with van der Waals surface area (Å²) in [4.78, 5) is 4.42. The Morgan fingerprint density at radius 3 is 2.72 bits per heavy atom. The number of rotatable bonds is 5. The van der Waals surface area contributed by atoms with E-state index in [-0.39, 0.29) is 5.54 Å². The average Bonchev–Trinajstić information content (AvgIpc) is 2.77. The SMILES string of the molecule is CCC(CC)(CCl)Nc1nccn2nc(C)cc12. The van der Waals surface area contributed by atoms with Gasteiger partial charge in [0.05, 0.1) is 11.2 Å². The van der Waals surface area contributed by atoms with Crippen LogP contribution < -0.4 is 5.32 Å². The van der Waals surface area contributed by atoms with E-state index in [4.69, 9.17) is 11.6 Å². The molecule has 0 unspecified atom stereocenters. The molecule has 0 amide bonds. The monoisotopic (exact) mass is 266 g/mol. The van der Waals surface area contributed by atoms with Crippen LogP contribution in [0.1, 0.15) is 32.4 Å². The minimum absolute atomic E-state index is 0.103. The highest BCUT2D eigenvalue weighted by Gasteiger charge is 2.26. The number of aryl methyl sites for hydroxylation is 1. The van der Waals surface area contributed by atoms with E-state index in [9.17, 15) is 0 Å². The van der Waals surface area contributed by atoms with Crippen LogP contribution >= 0.6 is 11.6 Å². The molecule has 1 N–H and O–H groups in total. The molecule has 4 nitrogen and oxygen atoms in total. The smallest absolute Gasteiger partial charge is 0.152 e. The number of nitrogens with zero attached hydrogens (tertiary/aromatic N) is 3. The third-order valence-electron chi connectivity index (χ3n) is 3.50. The van der Waals surface area contributed by atoms with E-state index in [1.807, 2.05) is 23.7 Å². The fraction of sp³-hybridized carbons (Fsp3) is 0.538. The first kappa shape index (κ1) is 13.1. The number of aromatic nitrogens is 3. The van der Waals surface area contributed by atoms with Gasteiger partial charge in [-0.1, -0.05) is 13.8 Å². The highest BCUT2D eigenvalue weighted by atomic mass is 35.5. The van der Waals surface area contributed by atoms with Gasteiger partial charge in [-0.2, -0.15) is 5.10 Å². The first-order valence-electron chi connectivity index (χ1n) is 6.29. The lowest BCUT2D eigenvalue weighted by Crippen LogP contribution is -2.39. The van der Waals surface area contributed by atoms with E-state index in [1.165, 1.54) is 0 Å². The van der Waals surface area contributed by atoms with Crippen LogP contribution in [-0.2, 0) is 0 Å². The number of alkyl halides is 1. The lowest BCUT2D eigenvalue weighted by molar-refractivity contribution is 0.483. The van der Waals surface area contributed by atoms with E-state index < -0.39 is 0 Å². The summed E-state index contributed by atoms with van der Waals surface area (Å²) in [6.45, 7) is 6.26. The molecule has 18 heavy (non-hydrogen) atoms. The van der Waals surface area contributed by atoms with Crippen LogP contribution in [0.3, 0.4) is 0 Å². The number of halogens is 1. The van der Waals surface area contributed by atoms with Crippen molar-refractivity contribution in [3.8, 4) is 0 Å². The largest absolute Gasteiger partial charge is 0.362 e. The molecule has 0 aromatic carbocycles. The third kappa shape index (κ3) is 2.29. The number of fused-ring (bicyclic) bond motifs is 1. The van der Waals surface area contributed by atoms with Crippen LogP contribution in [0.2, 0.25) is 0 Å². The van der Waals surface area contributed by atoms with E-state index in [0.29, 0.717) is 5.88 Å². The van der Waals surface area contributed by atoms with E-state index >= 15 is 0 Å². The zero-order chi connectivity index (χ0) is 13.2. The van der Waals surface area contributed by atoms with Crippen molar-refractivity contribution in [1.82, 2.24) is 14.6 Å². The minimum atomic E-state index is -0.103. The lowest BCUT2D eigenvalue weighted by atomic mass is 9.95. The molecule has 98 valence electrons. The zero-order valence-corrected chi connectivity index (χ0v) is 11.8. The summed E-state index contributed by atoms with van der Waals surface area (Å²) in [6.07, 6.45) is 5.53. The summed E-state index contributed by atoms with van der Waals surface area (Å²) in [5.41, 5.74) is 1.87. The van der Waals surface area contributed by atoms with Crippen molar-refractivity contribution in [2.75, 3.05) is 11.2 Å². The Morgan fingerprint density at radius 1 is 1.39 bits per heavy atom. The summed E-state index contributed by atoms with van der Waals surface area (Å²) >= 11 is 6.12. The van der Waals surface area contributed by atoms with Crippen molar-refractivity contribution in [3.63, 3.8) is 0 Å². The molecule has 0 radical (unpaired) electrons. The summed E-state index contributed by atoms with van der Waals surface area (Å²) < 4.78 is 1.84. The second-order valence-electron chi connectivity index (χ2n) is 4.64. The van der Waals surface area contributed by atoms with Crippen molar-refractivity contribution in [2.45, 2.75) is 39.2 Å². The molecule has 0 bridgehead atoms. The number of anilines is 1. The van der Waals surface area contributed by atoms with Crippen molar-refractivity contribution in [3.05, 3.63) is 24.2 Å². The average molecular weight is 267 g/mol. The Balaban J connectivity index is 2.42. The van der Waals surface area contributed by atoms with Crippen molar-refractivity contribution < 1.29 is 0 Å². The summed E-state index contributed by atoms with van der Waals surface area (Å²) in [7, 11) is 0. The summed E-state index contributed by atoms with van der Waals surface area (Å²) in [5.74, 6) is 1.41. The van der Waals surface area contributed by atoms with Crippen LogP contribution in [-0.4, -0.2) is 26.0 Å². The van der Waals surface area contributed by atoms with Gasteiger partial charge in [-0.25, -0.2) is 9.50 Å². The molecular formula is C13H19ClN4. The Kier molecular flexibility index (Phi) is 3.76. The Labute approximate surface area is 112 Å². The van der Waals surface area contributed by atoms with E-state index in [2.05, 4.69) is 29.2 Å². The van der Waals surface area contributed by atoms with Crippen LogP contribution in [0, 0.1) is 6.92 Å². The van der Waals surface area contributed by atoms with Gasteiger partial charge in [0.2, 0.25) is 0 Å². The Morgan fingerprint density at radius 2 is 2.11 bits per heavy atom. The molecule has 5 heteroatoms. The molecule has 0 aliphatic rings. The number of hydrogen-bond donors (Lipinski definition) is 1. The first-order valence-corrected chi connectivity index (χ1v) is 6.82. The van der Waals surface area contributed by atoms with Crippen molar-refractivity contribution >= 4 is 22.9 Å². The fourth-order valence-corrected chi connectivity index (χ4v) is 2.49. The van der Waals surface area contributed by atoms with Crippen LogP contribution in [0.4, 0.5) is 5.82 Å². The van der Waals surface area contributed by atoms with Crippen LogP contribution in [0.25, 0.3) is 5.52 Å². The predicted molar refractivity (Wildman–Crippen MR) is 75.4 cm³/mol. The Hall–Kier alpha value is -1.29. The molecule has 2 aromatic rings. The molecule has 0 saturated heterocycles. The maximum atomic E-state index is 6.12. The maximum Gasteiger partial charge on any atom is 0.152 e. The quantitative estimate of drug-likeness (QED) is 0.845. The van der Waals surface area contributed by atoms with Crippen molar-refractivity contribution in [2.24, 2.45) is 0 Å². The fourth-order valence-electron chi connectivity index (χ4n) is 2.04. The Bertz CT molecular complexity index is 523. The molecule has 0 saturated carbocycles. The standard InChI is InChI=1S/C13H19ClN4/c1-4-13(5-2,9-14)16-12-11-8-10(3)17-18(11)7-6-15-12/h6-8H,4-5,9H2,1-3H3,(H,15,16). The first-order chi connectivity index (χ1) is 8.64. The lowest BCUT2D eigenvalue weighted by Gasteiger charge is -2.31. The second-order valence-corrected chi connectivity index (χ2v) is 4.90. The van der Waals surface area contributed by atoms with Crippen molar-refractivity contribution in [1.29, 1.82) is 0 Å². The zero-order valence-electron chi connectivity index (χ0n) is 11.1. The molecule has 0 fully saturated rings. The summed E-state index contributed by atoms with van der Waals surface area (Å²) in [5, 5.41) is 7.88. The van der Waals surface area contributed by atoms with Crippen LogP contribution in [0.15, 0.2) is 18.5 Å². The topological polar surface area (TPSA) is 42.2 Å². The van der Waals surface area contributed by atoms with E-state index in [1.54, 1.807) is 6.20 Å². The minimum Gasteiger partial charge on any atom is -0.362 e. The molecular weight excluding hydrogens is 248 g/mol. The number of hydrogen-bond acceptors (Lipinski definition) is 3. The van der Waals surface area contributed by atoms with Gasteiger partial charge in [-0.15, -0.1) is 11.6 Å².